The normalized spacial score (nSPS) is 12.3. The molecule has 0 aliphatic carbocycles. The monoisotopic (exact) mass is 299 g/mol. The van der Waals surface area contributed by atoms with Crippen LogP contribution in [0.1, 0.15) is 38.3 Å². The summed E-state index contributed by atoms with van der Waals surface area (Å²) in [6, 6.07) is 1.12. The average Bonchev–Trinajstić information content (AvgIpc) is 2.90. The van der Waals surface area contributed by atoms with Crippen molar-refractivity contribution in [3.05, 3.63) is 22.4 Å². The molecule has 0 saturated heterocycles. The van der Waals surface area contributed by atoms with Crippen LogP contribution in [0.4, 0.5) is 0 Å². The van der Waals surface area contributed by atoms with Crippen molar-refractivity contribution in [1.82, 2.24) is 4.90 Å². The predicted octanol–water partition coefficient (Wildman–Crippen LogP) is 2.54. The number of carbonyl (C=O) groups excluding carboxylic acids is 1. The van der Waals surface area contributed by atoms with Crippen LogP contribution in [0, 0.1) is 0 Å². The Hall–Kier alpha value is -1.40. The fourth-order valence-electron chi connectivity index (χ4n) is 2.07. The second kappa shape index (κ2) is 8.71. The molecule has 1 aromatic rings. The molecule has 1 unspecified atom stereocenters. The lowest BCUT2D eigenvalue weighted by molar-refractivity contribution is -0.147. The third-order valence-electron chi connectivity index (χ3n) is 2.88. The van der Waals surface area contributed by atoms with Gasteiger partial charge in [0.2, 0.25) is 0 Å². The van der Waals surface area contributed by atoms with E-state index in [0.717, 1.165) is 12.0 Å². The summed E-state index contributed by atoms with van der Waals surface area (Å²) in [7, 11) is 0. The molecule has 1 atom stereocenters. The third kappa shape index (κ3) is 4.94. The number of rotatable bonds is 9. The van der Waals surface area contributed by atoms with Crippen LogP contribution in [-0.4, -0.2) is 41.6 Å². The lowest BCUT2D eigenvalue weighted by atomic mass is 10.1. The van der Waals surface area contributed by atoms with Crippen LogP contribution in [0.25, 0.3) is 0 Å². The first-order valence-electron chi connectivity index (χ1n) is 6.74. The van der Waals surface area contributed by atoms with Crippen molar-refractivity contribution >= 4 is 23.3 Å². The van der Waals surface area contributed by atoms with Crippen LogP contribution in [0.15, 0.2) is 16.8 Å². The maximum Gasteiger partial charge on any atom is 0.325 e. The van der Waals surface area contributed by atoms with Crippen molar-refractivity contribution in [3.63, 3.8) is 0 Å². The van der Waals surface area contributed by atoms with Crippen molar-refractivity contribution in [3.8, 4) is 0 Å². The Morgan fingerprint density at radius 3 is 2.65 bits per heavy atom. The SMILES string of the molecule is CCCN(CCC(=O)OCC)C(C(=O)O)c1ccsc1. The quantitative estimate of drug-likeness (QED) is 0.710. The van der Waals surface area contributed by atoms with Crippen LogP contribution in [0.2, 0.25) is 0 Å². The Morgan fingerprint density at radius 1 is 1.40 bits per heavy atom. The van der Waals surface area contributed by atoms with E-state index in [9.17, 15) is 14.7 Å². The molecule has 5 nitrogen and oxygen atoms in total. The number of carboxylic acids is 1. The number of carboxylic acid groups (broad SMARTS) is 1. The Labute approximate surface area is 123 Å². The maximum atomic E-state index is 11.5. The van der Waals surface area contributed by atoms with Gasteiger partial charge in [-0.05, 0) is 42.3 Å². The fraction of sp³-hybridized carbons (Fsp3) is 0.571. The highest BCUT2D eigenvalue weighted by atomic mass is 32.1. The van der Waals surface area contributed by atoms with Crippen molar-refractivity contribution in [1.29, 1.82) is 0 Å². The van der Waals surface area contributed by atoms with Crippen LogP contribution in [0.3, 0.4) is 0 Å². The van der Waals surface area contributed by atoms with Crippen LogP contribution in [-0.2, 0) is 14.3 Å². The highest BCUT2D eigenvalue weighted by Gasteiger charge is 2.27. The topological polar surface area (TPSA) is 66.8 Å². The molecule has 1 aromatic heterocycles. The fourth-order valence-corrected chi connectivity index (χ4v) is 2.74. The minimum atomic E-state index is -0.888. The molecule has 20 heavy (non-hydrogen) atoms. The van der Waals surface area contributed by atoms with E-state index in [2.05, 4.69) is 0 Å². The van der Waals surface area contributed by atoms with Gasteiger partial charge in [-0.1, -0.05) is 6.92 Å². The van der Waals surface area contributed by atoms with Gasteiger partial charge in [-0.15, -0.1) is 0 Å². The van der Waals surface area contributed by atoms with Gasteiger partial charge >= 0.3 is 11.9 Å². The maximum absolute atomic E-state index is 11.5. The van der Waals surface area contributed by atoms with E-state index in [1.165, 1.54) is 11.3 Å². The summed E-state index contributed by atoms with van der Waals surface area (Å²) >= 11 is 1.47. The van der Waals surface area contributed by atoms with Crippen molar-refractivity contribution in [2.45, 2.75) is 32.7 Å². The summed E-state index contributed by atoms with van der Waals surface area (Å²) in [6.45, 7) is 5.11. The van der Waals surface area contributed by atoms with Gasteiger partial charge in [-0.25, -0.2) is 0 Å². The molecule has 0 bridgehead atoms. The summed E-state index contributed by atoms with van der Waals surface area (Å²) in [5.74, 6) is -1.18. The summed E-state index contributed by atoms with van der Waals surface area (Å²) < 4.78 is 4.89. The number of carbonyl (C=O) groups is 2. The lowest BCUT2D eigenvalue weighted by Gasteiger charge is -2.27. The molecule has 1 heterocycles. The molecule has 0 aliphatic rings. The molecule has 0 fully saturated rings. The third-order valence-corrected chi connectivity index (χ3v) is 3.58. The number of hydrogen-bond acceptors (Lipinski definition) is 5. The van der Waals surface area contributed by atoms with E-state index in [0.29, 0.717) is 19.7 Å². The van der Waals surface area contributed by atoms with Crippen LogP contribution in [0.5, 0.6) is 0 Å². The molecular weight excluding hydrogens is 278 g/mol. The molecular formula is C14H21NO4S. The molecule has 0 aliphatic heterocycles. The highest BCUT2D eigenvalue weighted by Crippen LogP contribution is 2.24. The van der Waals surface area contributed by atoms with Gasteiger partial charge in [0.05, 0.1) is 13.0 Å². The molecule has 1 N–H and O–H groups in total. The predicted molar refractivity (Wildman–Crippen MR) is 77.8 cm³/mol. The van der Waals surface area contributed by atoms with E-state index in [-0.39, 0.29) is 12.4 Å². The summed E-state index contributed by atoms with van der Waals surface area (Å²) in [5, 5.41) is 13.2. The van der Waals surface area contributed by atoms with Crippen molar-refractivity contribution < 1.29 is 19.4 Å². The number of hydrogen-bond donors (Lipinski definition) is 1. The van der Waals surface area contributed by atoms with Gasteiger partial charge in [0.15, 0.2) is 0 Å². The first kappa shape index (κ1) is 16.7. The van der Waals surface area contributed by atoms with Gasteiger partial charge in [0.1, 0.15) is 6.04 Å². The van der Waals surface area contributed by atoms with Gasteiger partial charge < -0.3 is 9.84 Å². The minimum Gasteiger partial charge on any atom is -0.480 e. The van der Waals surface area contributed by atoms with Gasteiger partial charge in [-0.3, -0.25) is 14.5 Å². The number of nitrogens with zero attached hydrogens (tertiary/aromatic N) is 1. The Morgan fingerprint density at radius 2 is 2.15 bits per heavy atom. The Bertz CT molecular complexity index is 419. The first-order chi connectivity index (χ1) is 9.60. The number of aliphatic carboxylic acids is 1. The summed E-state index contributed by atoms with van der Waals surface area (Å²) in [4.78, 5) is 24.8. The number of ether oxygens (including phenoxy) is 1. The zero-order chi connectivity index (χ0) is 15.0. The second-order valence-electron chi connectivity index (χ2n) is 4.39. The molecule has 0 radical (unpaired) electrons. The van der Waals surface area contributed by atoms with E-state index in [1.807, 2.05) is 28.7 Å². The summed E-state index contributed by atoms with van der Waals surface area (Å²) in [5.41, 5.74) is 0.764. The molecule has 0 spiro atoms. The zero-order valence-electron chi connectivity index (χ0n) is 11.9. The van der Waals surface area contributed by atoms with Crippen LogP contribution < -0.4 is 0 Å². The van der Waals surface area contributed by atoms with E-state index in [1.54, 1.807) is 6.92 Å². The van der Waals surface area contributed by atoms with Gasteiger partial charge in [0, 0.05) is 6.54 Å². The van der Waals surface area contributed by atoms with Crippen LogP contribution >= 0.6 is 11.3 Å². The molecule has 112 valence electrons. The largest absolute Gasteiger partial charge is 0.480 e. The second-order valence-corrected chi connectivity index (χ2v) is 5.17. The zero-order valence-corrected chi connectivity index (χ0v) is 12.7. The van der Waals surface area contributed by atoms with Gasteiger partial charge in [-0.2, -0.15) is 11.3 Å². The molecule has 0 amide bonds. The highest BCUT2D eigenvalue weighted by molar-refractivity contribution is 7.08. The first-order valence-corrected chi connectivity index (χ1v) is 7.69. The van der Waals surface area contributed by atoms with Crippen molar-refractivity contribution in [2.75, 3.05) is 19.7 Å². The molecule has 6 heteroatoms. The molecule has 0 saturated carbocycles. The lowest BCUT2D eigenvalue weighted by Crippen LogP contribution is -2.36. The number of esters is 1. The van der Waals surface area contributed by atoms with E-state index >= 15 is 0 Å². The molecule has 1 rings (SSSR count). The smallest absolute Gasteiger partial charge is 0.325 e. The van der Waals surface area contributed by atoms with E-state index < -0.39 is 12.0 Å². The molecule has 0 aromatic carbocycles. The van der Waals surface area contributed by atoms with Crippen molar-refractivity contribution in [2.24, 2.45) is 0 Å². The Balaban J connectivity index is 2.75. The number of thiophene rings is 1. The average molecular weight is 299 g/mol. The van der Waals surface area contributed by atoms with E-state index in [4.69, 9.17) is 4.74 Å². The summed E-state index contributed by atoms with van der Waals surface area (Å²) in [6.07, 6.45) is 1.04. The minimum absolute atomic E-state index is 0.210. The Kier molecular flexibility index (Phi) is 7.25. The van der Waals surface area contributed by atoms with Gasteiger partial charge in [0.25, 0.3) is 0 Å². The standard InChI is InChI=1S/C14H21NO4S/c1-3-7-15(8-5-12(16)19-4-2)13(14(17)18)11-6-9-20-10-11/h6,9-10,13H,3-5,7-8H2,1-2H3,(H,17,18).